The second-order valence-electron chi connectivity index (χ2n) is 4.70. The fourth-order valence-electron chi connectivity index (χ4n) is 2.34. The molecule has 0 spiro atoms. The second kappa shape index (κ2) is 5.66. The summed E-state index contributed by atoms with van der Waals surface area (Å²) in [6.45, 7) is 0.392. The van der Waals surface area contributed by atoms with Crippen molar-refractivity contribution in [2.45, 2.75) is 0 Å². The summed E-state index contributed by atoms with van der Waals surface area (Å²) < 4.78 is 0. The Kier molecular flexibility index (Phi) is 3.80. The summed E-state index contributed by atoms with van der Waals surface area (Å²) >= 11 is 0. The van der Waals surface area contributed by atoms with E-state index in [-0.39, 0.29) is 0 Å². The predicted molar refractivity (Wildman–Crippen MR) is 111 cm³/mol. The maximum Gasteiger partial charge on any atom is 0.00548 e. The quantitative estimate of drug-likeness (QED) is 0.258. The minimum atomic E-state index is 0.392. The van der Waals surface area contributed by atoms with Gasteiger partial charge >= 0.3 is 0 Å². The molecule has 0 fully saturated rings. The van der Waals surface area contributed by atoms with E-state index in [0.29, 0.717) is 32.1 Å². The van der Waals surface area contributed by atoms with Crippen molar-refractivity contribution in [3.63, 3.8) is 0 Å². The fourth-order valence-corrected chi connectivity index (χ4v) is 181. The van der Waals surface area contributed by atoms with Crippen molar-refractivity contribution < 1.29 is 0 Å². The Morgan fingerprint density at radius 2 is 1.29 bits per heavy atom. The van der Waals surface area contributed by atoms with Gasteiger partial charge in [-0.3, -0.25) is 19.1 Å². The molecule has 3 unspecified atom stereocenters. The average Bonchev–Trinajstić information content (AvgIpc) is 2.89. The zero-order valence-electron chi connectivity index (χ0n) is 10.9. The summed E-state index contributed by atoms with van der Waals surface area (Å²) in [4.78, 5) is 0. The highest BCUT2D eigenvalue weighted by molar-refractivity contribution is 9.15. The van der Waals surface area contributed by atoms with Crippen LogP contribution in [0, 0.1) is 0 Å². The summed E-state index contributed by atoms with van der Waals surface area (Å²) in [5, 5.41) is 1.61. The van der Waals surface area contributed by atoms with Gasteiger partial charge in [0.05, 0.1) is 0 Å². The Hall–Kier alpha value is 0.710. The van der Waals surface area contributed by atoms with E-state index in [0.717, 1.165) is 0 Å². The first-order valence-electron chi connectivity index (χ1n) is 6.54. The lowest BCUT2D eigenvalue weighted by Gasteiger charge is -2.12. The van der Waals surface area contributed by atoms with E-state index in [2.05, 4.69) is 60.7 Å². The molecule has 4 bridgehead atoms. The van der Waals surface area contributed by atoms with E-state index in [1.165, 1.54) is 11.1 Å². The normalized spacial score (nSPS) is 17.2. The summed E-state index contributed by atoms with van der Waals surface area (Å²) in [6.07, 6.45) is 2.32. The second-order valence-corrected chi connectivity index (χ2v) is 45.5. The Bertz CT molecular complexity index is 945. The van der Waals surface area contributed by atoms with Gasteiger partial charge in [-0.15, -0.1) is 7.89 Å². The lowest BCUT2D eigenvalue weighted by molar-refractivity contribution is 1.62. The van der Waals surface area contributed by atoms with E-state index < -0.39 is 0 Å². The van der Waals surface area contributed by atoms with E-state index in [4.69, 9.17) is 0 Å². The molecule has 2 aromatic carbocycles. The smallest absolute Gasteiger partial charge is 0.00548 e. The predicted octanol–water partition coefficient (Wildman–Crippen LogP) is 9.69. The molecule has 0 amide bonds. The van der Waals surface area contributed by atoms with Crippen molar-refractivity contribution in [3.8, 4) is 0 Å². The third-order valence-electron chi connectivity index (χ3n) is 3.37. The van der Waals surface area contributed by atoms with Gasteiger partial charge in [-0.05, 0) is 11.1 Å². The van der Waals surface area contributed by atoms with Crippen molar-refractivity contribution in [2.24, 2.45) is 0 Å². The molecule has 0 radical (unpaired) electrons. The monoisotopic (exact) mass is 414 g/mol. The molecule has 8 heteroatoms. The Morgan fingerprint density at radius 1 is 0.762 bits per heavy atom. The van der Waals surface area contributed by atoms with Gasteiger partial charge in [-0.25, -0.2) is 14.1 Å². The molecule has 0 nitrogen and oxygen atoms in total. The van der Waals surface area contributed by atoms with E-state index in [1.54, 1.807) is 13.2 Å². The van der Waals surface area contributed by atoms with Crippen molar-refractivity contribution in [1.82, 2.24) is 0 Å². The van der Waals surface area contributed by atoms with Crippen LogP contribution in [-0.2, 0) is 0 Å². The van der Waals surface area contributed by atoms with Crippen molar-refractivity contribution in [1.29, 1.82) is 0 Å². The van der Waals surface area contributed by atoms with Crippen LogP contribution in [0.25, 0.3) is 0 Å². The number of hydrogen-bond donors (Lipinski definition) is 0. The summed E-state index contributed by atoms with van der Waals surface area (Å²) in [5.41, 5.74) is 2.91. The molecule has 0 aliphatic carbocycles. The standard InChI is InChI=1S/C13H10P8/c1-3-7-11(8-4-1)13(12-9-5-2-6-10-12)14-18-17-15-19-20(16-17)21(18)19/h1-10H/q-2. The van der Waals surface area contributed by atoms with Gasteiger partial charge in [0.2, 0.25) is 0 Å². The molecule has 6 aromatic rings. The molecule has 0 aliphatic rings. The van der Waals surface area contributed by atoms with Crippen LogP contribution in [0.3, 0.4) is 0 Å². The lowest BCUT2D eigenvalue weighted by atomic mass is 10.1. The topological polar surface area (TPSA) is 0 Å². The van der Waals surface area contributed by atoms with Gasteiger partial charge in [0.1, 0.15) is 0 Å². The van der Waals surface area contributed by atoms with Crippen LogP contribution in [0.2, 0.25) is 0 Å². The minimum Gasteiger partial charge on any atom is -0.302 e. The maximum absolute atomic E-state index is 2.31. The van der Waals surface area contributed by atoms with Gasteiger partial charge in [-0.1, -0.05) is 60.7 Å². The average molecular weight is 414 g/mol. The molecular formula is C13H10P8-2. The maximum atomic E-state index is 2.31. The molecule has 0 saturated heterocycles. The third kappa shape index (κ3) is 2.42. The molecule has 6 rings (SSSR count). The van der Waals surface area contributed by atoms with Crippen molar-refractivity contribution in [3.05, 3.63) is 71.8 Å². The molecule has 4 heterocycles. The lowest BCUT2D eigenvalue weighted by Crippen LogP contribution is -1.98. The summed E-state index contributed by atoms with van der Waals surface area (Å²) in [6, 6.07) is 22.3. The van der Waals surface area contributed by atoms with Crippen LogP contribution in [-0.4, -0.2) is 5.29 Å². The summed E-state index contributed by atoms with van der Waals surface area (Å²) in [7, 11) is 5.70. The minimum absolute atomic E-state index is 0.392. The third-order valence-corrected chi connectivity index (χ3v) is 89.3. The first-order valence-corrected chi connectivity index (χ1v) is 23.0. The van der Waals surface area contributed by atoms with E-state index >= 15 is 0 Å². The van der Waals surface area contributed by atoms with Crippen molar-refractivity contribution in [2.75, 3.05) is 0 Å². The Morgan fingerprint density at radius 3 is 1.71 bits per heavy atom. The van der Waals surface area contributed by atoms with Gasteiger partial charge in [-0.2, -0.15) is 0 Å². The number of benzene rings is 2. The molecule has 0 aliphatic heterocycles. The molecule has 0 N–H and O–H groups in total. The molecule has 21 heavy (non-hydrogen) atoms. The molecule has 104 valence electrons. The molecule has 0 saturated carbocycles. The zero-order chi connectivity index (χ0) is 13.8. The van der Waals surface area contributed by atoms with E-state index in [9.17, 15) is 0 Å². The van der Waals surface area contributed by atoms with E-state index in [1.807, 2.05) is 15.1 Å². The highest BCUT2D eigenvalue weighted by Crippen LogP contribution is 3.09. The van der Waals surface area contributed by atoms with Gasteiger partial charge in [0.25, 0.3) is 0 Å². The fraction of sp³-hybridized carbons (Fsp3) is 0. The largest absolute Gasteiger partial charge is 0.302 e. The van der Waals surface area contributed by atoms with Crippen molar-refractivity contribution >= 4 is 60.3 Å². The Labute approximate surface area is 132 Å². The van der Waals surface area contributed by atoms with Crippen LogP contribution in [0.4, 0.5) is 0 Å². The molecular weight excluding hydrogens is 404 g/mol. The van der Waals surface area contributed by atoms with Crippen LogP contribution in [0.15, 0.2) is 60.7 Å². The molecule has 4 aromatic heterocycles. The highest BCUT2D eigenvalue weighted by atomic mass is 33.2. The van der Waals surface area contributed by atoms with Crippen LogP contribution >= 0.6 is 55.0 Å². The highest BCUT2D eigenvalue weighted by Gasteiger charge is 2.06. The van der Waals surface area contributed by atoms with Crippen LogP contribution in [0.5, 0.6) is 0 Å². The first-order chi connectivity index (χ1) is 10.4. The molecule has 3 atom stereocenters. The zero-order valence-corrected chi connectivity index (χ0v) is 18.0. The number of rotatable bonds is 3. The van der Waals surface area contributed by atoms with Crippen LogP contribution < -0.4 is 0 Å². The van der Waals surface area contributed by atoms with Crippen LogP contribution in [0.1, 0.15) is 11.1 Å². The summed E-state index contributed by atoms with van der Waals surface area (Å²) in [5.74, 6) is 0. The van der Waals surface area contributed by atoms with Gasteiger partial charge < -0.3 is 13.9 Å². The Balaban J connectivity index is 1.73. The number of hydrogen-bond acceptors (Lipinski definition) is 0. The van der Waals surface area contributed by atoms with Gasteiger partial charge in [0.15, 0.2) is 0 Å². The van der Waals surface area contributed by atoms with Gasteiger partial charge in [0, 0.05) is 5.29 Å². The SMILES string of the molecule is c1ccc(C(=Pp2p3[p-]p4p([p-]3)p24)c2ccccc2)cc1. The first kappa shape index (κ1) is 14.1.